The van der Waals surface area contributed by atoms with Crippen molar-refractivity contribution in [2.75, 3.05) is 10.6 Å². The number of nitrogens with one attached hydrogen (secondary N) is 2. The van der Waals surface area contributed by atoms with Crippen LogP contribution < -0.4 is 20.1 Å². The average molecular weight is 740 g/mol. The topological polar surface area (TPSA) is 140 Å². The zero-order valence-electron chi connectivity index (χ0n) is 32.1. The quantitative estimate of drug-likeness (QED) is 0.145. The number of fused-ring (bicyclic) bond motifs is 1. The van der Waals surface area contributed by atoms with Crippen molar-refractivity contribution < 1.29 is 38.2 Å². The van der Waals surface area contributed by atoms with Gasteiger partial charge in [0, 0.05) is 16.7 Å². The first kappa shape index (κ1) is 40.6. The third-order valence-electron chi connectivity index (χ3n) is 9.43. The molecule has 3 atom stereocenters. The molecule has 0 radical (unpaired) electrons. The fraction of sp³-hybridized carbons (Fsp3) is 0.575. The second kappa shape index (κ2) is 15.9. The van der Waals surface area contributed by atoms with E-state index in [-0.39, 0.29) is 28.1 Å². The van der Waals surface area contributed by atoms with Gasteiger partial charge < -0.3 is 24.8 Å². The Morgan fingerprint density at radius 1 is 0.962 bits per heavy atom. The zero-order chi connectivity index (χ0) is 38.8. The van der Waals surface area contributed by atoms with Gasteiger partial charge in [-0.3, -0.25) is 19.2 Å². The maximum atomic E-state index is 13.8. The van der Waals surface area contributed by atoms with E-state index in [2.05, 4.69) is 45.3 Å². The Morgan fingerprint density at radius 3 is 2.25 bits per heavy atom. The summed E-state index contributed by atoms with van der Waals surface area (Å²) in [5.74, 6) is -0.798. The predicted octanol–water partition coefficient (Wildman–Crippen LogP) is 8.68. The molecule has 1 saturated heterocycles. The van der Waals surface area contributed by atoms with E-state index in [4.69, 9.17) is 25.8 Å². The fourth-order valence-electron chi connectivity index (χ4n) is 6.51. The van der Waals surface area contributed by atoms with Crippen LogP contribution >= 0.6 is 11.6 Å². The van der Waals surface area contributed by atoms with Crippen LogP contribution in [0.4, 0.5) is 16.2 Å². The van der Waals surface area contributed by atoms with Crippen molar-refractivity contribution in [3.05, 3.63) is 47.0 Å². The number of anilines is 2. The molecular weight excluding hydrogens is 686 g/mol. The Balaban J connectivity index is 1.58. The van der Waals surface area contributed by atoms with Crippen LogP contribution in [0.2, 0.25) is 5.02 Å². The third-order valence-corrected chi connectivity index (χ3v) is 9.76. The maximum absolute atomic E-state index is 13.8. The second-order valence-corrected chi connectivity index (χ2v) is 16.7. The second-order valence-electron chi connectivity index (χ2n) is 16.3. The number of imide groups is 1. The number of amides is 4. The molecule has 0 spiro atoms. The lowest BCUT2D eigenvalue weighted by atomic mass is 9.78. The number of halogens is 1. The van der Waals surface area contributed by atoms with Crippen LogP contribution in [0.15, 0.2) is 36.4 Å². The molecule has 4 rings (SSSR count). The van der Waals surface area contributed by atoms with E-state index >= 15 is 0 Å². The molecule has 0 aliphatic carbocycles. The summed E-state index contributed by atoms with van der Waals surface area (Å²) >= 11 is 6.47. The molecular formula is C40H54ClN3O8. The summed E-state index contributed by atoms with van der Waals surface area (Å²) in [7, 11) is 0. The van der Waals surface area contributed by atoms with Crippen LogP contribution in [0, 0.1) is 11.3 Å². The Hall–Kier alpha value is -4.12. The SMILES string of the molecule is CCCCCCC(Oc1ccc2c(c1)C(C(C)C)CC(C)(C)O2)C(=O)Nc1ccc(Cl)c(NC(=O)C(C(=O)C(C)(C)C)N2C(=O)OC(C)(C)C2=O)c1. The molecule has 52 heavy (non-hydrogen) atoms. The van der Waals surface area contributed by atoms with E-state index in [0.717, 1.165) is 43.4 Å². The van der Waals surface area contributed by atoms with Crippen LogP contribution in [0.1, 0.15) is 119 Å². The van der Waals surface area contributed by atoms with E-state index < -0.39 is 46.9 Å². The molecule has 11 nitrogen and oxygen atoms in total. The average Bonchev–Trinajstić information content (AvgIpc) is 3.24. The number of carbonyl (C=O) groups is 5. The predicted molar refractivity (Wildman–Crippen MR) is 201 cm³/mol. The first-order chi connectivity index (χ1) is 24.1. The highest BCUT2D eigenvalue weighted by molar-refractivity contribution is 6.34. The summed E-state index contributed by atoms with van der Waals surface area (Å²) in [5, 5.41) is 5.60. The molecule has 2 aromatic carbocycles. The first-order valence-electron chi connectivity index (χ1n) is 18.2. The number of hydrogen-bond donors (Lipinski definition) is 2. The van der Waals surface area contributed by atoms with Crippen molar-refractivity contribution in [1.29, 1.82) is 0 Å². The van der Waals surface area contributed by atoms with E-state index in [0.29, 0.717) is 28.7 Å². The normalized spacial score (nSPS) is 18.9. The number of carbonyl (C=O) groups excluding carboxylic acids is 5. The molecule has 1 fully saturated rings. The molecule has 4 amide bonds. The number of cyclic esters (lactones) is 1. The van der Waals surface area contributed by atoms with Crippen molar-refractivity contribution >= 4 is 52.6 Å². The van der Waals surface area contributed by atoms with Crippen LogP contribution in [0.5, 0.6) is 11.5 Å². The molecule has 2 N–H and O–H groups in total. The van der Waals surface area contributed by atoms with Crippen LogP contribution in [0.25, 0.3) is 0 Å². The Morgan fingerprint density at radius 2 is 1.65 bits per heavy atom. The minimum atomic E-state index is -1.82. The summed E-state index contributed by atoms with van der Waals surface area (Å²) in [6.45, 7) is 18.2. The maximum Gasteiger partial charge on any atom is 0.418 e. The minimum absolute atomic E-state index is 0.0632. The van der Waals surface area contributed by atoms with Gasteiger partial charge in [0.2, 0.25) is 0 Å². The molecule has 0 aromatic heterocycles. The number of ketones is 1. The highest BCUT2D eigenvalue weighted by atomic mass is 35.5. The van der Waals surface area contributed by atoms with Gasteiger partial charge in [0.25, 0.3) is 17.7 Å². The van der Waals surface area contributed by atoms with Crippen LogP contribution in [0.3, 0.4) is 0 Å². The molecule has 284 valence electrons. The van der Waals surface area contributed by atoms with Gasteiger partial charge in [-0.15, -0.1) is 0 Å². The van der Waals surface area contributed by atoms with E-state index in [1.165, 1.54) is 26.0 Å². The molecule has 12 heteroatoms. The number of ether oxygens (including phenoxy) is 3. The zero-order valence-corrected chi connectivity index (χ0v) is 32.9. The number of hydrogen-bond acceptors (Lipinski definition) is 8. The monoisotopic (exact) mass is 739 g/mol. The third kappa shape index (κ3) is 9.45. The number of rotatable bonds is 14. The van der Waals surface area contributed by atoms with E-state index in [1.54, 1.807) is 26.8 Å². The van der Waals surface area contributed by atoms with Gasteiger partial charge in [0.1, 0.15) is 17.1 Å². The number of benzene rings is 2. The van der Waals surface area contributed by atoms with Gasteiger partial charge >= 0.3 is 6.09 Å². The summed E-state index contributed by atoms with van der Waals surface area (Å²) in [6.07, 6.45) is 3.22. The summed E-state index contributed by atoms with van der Waals surface area (Å²) in [5.41, 5.74) is -1.51. The molecule has 0 bridgehead atoms. The van der Waals surface area contributed by atoms with Gasteiger partial charge in [-0.25, -0.2) is 9.69 Å². The number of Topliss-reactive ketones (excluding diaryl/α,β-unsaturated/α-hetero) is 1. The van der Waals surface area contributed by atoms with Crippen molar-refractivity contribution in [3.8, 4) is 11.5 Å². The smallest absolute Gasteiger partial charge is 0.418 e. The van der Waals surface area contributed by atoms with Crippen molar-refractivity contribution in [2.24, 2.45) is 11.3 Å². The molecule has 0 saturated carbocycles. The summed E-state index contributed by atoms with van der Waals surface area (Å²) < 4.78 is 17.9. The lowest BCUT2D eigenvalue weighted by Gasteiger charge is -2.39. The Bertz CT molecular complexity index is 1700. The van der Waals surface area contributed by atoms with Crippen LogP contribution in [-0.2, 0) is 23.9 Å². The number of nitrogens with zero attached hydrogens (tertiary/aromatic N) is 1. The molecule has 2 aliphatic heterocycles. The largest absolute Gasteiger partial charge is 0.488 e. The Kier molecular flexibility index (Phi) is 12.4. The Labute approximate surface area is 312 Å². The van der Waals surface area contributed by atoms with E-state index in [1.807, 2.05) is 18.2 Å². The van der Waals surface area contributed by atoms with Crippen molar-refractivity contribution in [2.45, 2.75) is 137 Å². The lowest BCUT2D eigenvalue weighted by Crippen LogP contribution is -2.55. The highest BCUT2D eigenvalue weighted by Crippen LogP contribution is 2.45. The van der Waals surface area contributed by atoms with Gasteiger partial charge in [-0.1, -0.05) is 72.4 Å². The molecule has 2 aromatic rings. The van der Waals surface area contributed by atoms with Gasteiger partial charge in [-0.2, -0.15) is 0 Å². The van der Waals surface area contributed by atoms with Crippen LogP contribution in [-0.4, -0.2) is 57.8 Å². The summed E-state index contributed by atoms with van der Waals surface area (Å²) in [4.78, 5) is 67.6. The van der Waals surface area contributed by atoms with Gasteiger partial charge in [-0.05, 0) is 95.2 Å². The van der Waals surface area contributed by atoms with Crippen molar-refractivity contribution in [1.82, 2.24) is 4.90 Å². The van der Waals surface area contributed by atoms with Gasteiger partial charge in [0.05, 0.1) is 10.7 Å². The highest BCUT2D eigenvalue weighted by Gasteiger charge is 2.55. The molecule has 2 aliphatic rings. The fourth-order valence-corrected chi connectivity index (χ4v) is 6.68. The minimum Gasteiger partial charge on any atom is -0.488 e. The van der Waals surface area contributed by atoms with E-state index in [9.17, 15) is 24.0 Å². The van der Waals surface area contributed by atoms with Crippen molar-refractivity contribution in [3.63, 3.8) is 0 Å². The molecule has 2 heterocycles. The molecule has 3 unspecified atom stereocenters. The first-order valence-corrected chi connectivity index (χ1v) is 18.5. The van der Waals surface area contributed by atoms with Gasteiger partial charge in [0.15, 0.2) is 23.5 Å². The standard InChI is InChI=1S/C40H54ClN3O8/c1-11-12-13-14-15-31(50-25-17-19-30-26(21-25)27(23(2)3)22-39(7,8)51-30)34(46)42-24-16-18-28(41)29(20-24)43-35(47)32(33(45)38(4,5)6)44-36(48)40(9,10)52-37(44)49/h16-21,23,27,31-32H,11-15,22H2,1-10H3,(H,42,46)(H,43,47). The number of unbranched alkanes of at least 4 members (excludes halogenated alkanes) is 3. The summed E-state index contributed by atoms with van der Waals surface area (Å²) in [6, 6.07) is 8.42. The lowest BCUT2D eigenvalue weighted by molar-refractivity contribution is -0.145.